The van der Waals surface area contributed by atoms with E-state index in [2.05, 4.69) is 68.1 Å². The molecular weight excluding hydrogens is 376 g/mol. The molecule has 2 aromatic rings. The molecule has 2 heterocycles. The smallest absolute Gasteiger partial charge is 0.164 e. The van der Waals surface area contributed by atoms with Crippen molar-refractivity contribution in [1.29, 1.82) is 0 Å². The van der Waals surface area contributed by atoms with Crippen molar-refractivity contribution in [1.82, 2.24) is 0 Å². The molecule has 0 aliphatic carbocycles. The average molecular weight is 401 g/mol. The highest BCUT2D eigenvalue weighted by molar-refractivity contribution is 8.13. The Morgan fingerprint density at radius 2 is 1.85 bits per heavy atom. The maximum atomic E-state index is 12.2. The normalized spacial score (nSPS) is 23.4. The van der Waals surface area contributed by atoms with Crippen molar-refractivity contribution in [3.8, 4) is 0 Å². The van der Waals surface area contributed by atoms with Gasteiger partial charge < -0.3 is 4.90 Å². The molecule has 0 amide bonds. The van der Waals surface area contributed by atoms with E-state index in [1.165, 1.54) is 16.7 Å². The van der Waals surface area contributed by atoms with E-state index < -0.39 is 9.84 Å². The molecule has 4 nitrogen and oxygen atoms in total. The Morgan fingerprint density at radius 3 is 2.59 bits per heavy atom. The Hall–Kier alpha value is -1.79. The molecule has 27 heavy (non-hydrogen) atoms. The van der Waals surface area contributed by atoms with Gasteiger partial charge in [0.1, 0.15) is 0 Å². The summed E-state index contributed by atoms with van der Waals surface area (Å²) in [7, 11) is -3.02. The lowest BCUT2D eigenvalue weighted by Crippen LogP contribution is -2.39. The second kappa shape index (κ2) is 6.99. The molecule has 4 rings (SSSR count). The van der Waals surface area contributed by atoms with Crippen LogP contribution in [0.25, 0.3) is 0 Å². The van der Waals surface area contributed by atoms with Gasteiger partial charge in [-0.1, -0.05) is 59.3 Å². The monoisotopic (exact) mass is 400 g/mol. The number of anilines is 1. The summed E-state index contributed by atoms with van der Waals surface area (Å²) in [5.74, 6) is 1.17. The van der Waals surface area contributed by atoms with Crippen LogP contribution in [0.3, 0.4) is 0 Å². The lowest BCUT2D eigenvalue weighted by Gasteiger charge is -2.28. The van der Waals surface area contributed by atoms with Crippen molar-refractivity contribution < 1.29 is 8.42 Å². The van der Waals surface area contributed by atoms with Crippen LogP contribution >= 0.6 is 11.8 Å². The van der Waals surface area contributed by atoms with E-state index in [9.17, 15) is 8.42 Å². The van der Waals surface area contributed by atoms with Crippen LogP contribution in [0, 0.1) is 20.8 Å². The zero-order valence-corrected chi connectivity index (χ0v) is 17.5. The third-order valence-corrected chi connectivity index (χ3v) is 7.91. The van der Waals surface area contributed by atoms with Gasteiger partial charge in [-0.05, 0) is 38.0 Å². The molecular formula is C21H24N2O2S2. The minimum absolute atomic E-state index is 0.0867. The molecule has 0 spiro atoms. The highest BCUT2D eigenvalue weighted by Crippen LogP contribution is 2.37. The SMILES string of the molecule is Cc1cccc(CSC2=N[C@@H]3CS(=O)(=O)C[C@H]3N2c2ccc(C)cc2C)c1. The topological polar surface area (TPSA) is 49.7 Å². The van der Waals surface area contributed by atoms with Crippen molar-refractivity contribution in [2.45, 2.75) is 38.6 Å². The molecule has 2 aromatic carbocycles. The number of aliphatic imine (C=N–C) groups is 1. The lowest BCUT2D eigenvalue weighted by atomic mass is 10.1. The predicted octanol–water partition coefficient (Wildman–Crippen LogP) is 3.89. The molecule has 0 saturated carbocycles. The summed E-state index contributed by atoms with van der Waals surface area (Å²) < 4.78 is 24.4. The molecule has 0 aromatic heterocycles. The molecule has 6 heteroatoms. The Balaban J connectivity index is 1.65. The van der Waals surface area contributed by atoms with Gasteiger partial charge in [0.2, 0.25) is 0 Å². The maximum absolute atomic E-state index is 12.2. The van der Waals surface area contributed by atoms with Gasteiger partial charge >= 0.3 is 0 Å². The summed E-state index contributed by atoms with van der Waals surface area (Å²) in [5, 5.41) is 0.938. The predicted molar refractivity (Wildman–Crippen MR) is 115 cm³/mol. The van der Waals surface area contributed by atoms with Crippen molar-refractivity contribution in [3.63, 3.8) is 0 Å². The van der Waals surface area contributed by atoms with E-state index in [0.29, 0.717) is 0 Å². The van der Waals surface area contributed by atoms with Gasteiger partial charge in [-0.3, -0.25) is 4.99 Å². The Kier molecular flexibility index (Phi) is 4.80. The van der Waals surface area contributed by atoms with Gasteiger partial charge in [-0.2, -0.15) is 0 Å². The molecule has 0 N–H and O–H groups in total. The Morgan fingerprint density at radius 1 is 1.07 bits per heavy atom. The van der Waals surface area contributed by atoms with Crippen LogP contribution < -0.4 is 4.90 Å². The van der Waals surface area contributed by atoms with Crippen LogP contribution in [0.1, 0.15) is 22.3 Å². The first-order valence-corrected chi connectivity index (χ1v) is 12.0. The molecule has 1 saturated heterocycles. The van der Waals surface area contributed by atoms with Crippen molar-refractivity contribution >= 4 is 32.5 Å². The summed E-state index contributed by atoms with van der Waals surface area (Å²) >= 11 is 1.70. The largest absolute Gasteiger partial charge is 0.315 e. The number of fused-ring (bicyclic) bond motifs is 1. The highest BCUT2D eigenvalue weighted by atomic mass is 32.2. The van der Waals surface area contributed by atoms with Crippen molar-refractivity contribution in [2.75, 3.05) is 16.4 Å². The minimum Gasteiger partial charge on any atom is -0.315 e. The van der Waals surface area contributed by atoms with Crippen LogP contribution in [0.15, 0.2) is 47.5 Å². The highest BCUT2D eigenvalue weighted by Gasteiger charge is 2.47. The van der Waals surface area contributed by atoms with Crippen LogP contribution in [0.4, 0.5) is 5.69 Å². The van der Waals surface area contributed by atoms with E-state index in [0.717, 1.165) is 22.2 Å². The van der Waals surface area contributed by atoms with Crippen molar-refractivity contribution in [3.05, 3.63) is 64.7 Å². The summed E-state index contributed by atoms with van der Waals surface area (Å²) in [6.45, 7) is 6.26. The zero-order chi connectivity index (χ0) is 19.2. The maximum Gasteiger partial charge on any atom is 0.164 e. The number of hydrogen-bond donors (Lipinski definition) is 0. The van der Waals surface area contributed by atoms with Gasteiger partial charge in [-0.25, -0.2) is 8.42 Å². The fourth-order valence-electron chi connectivity index (χ4n) is 3.94. The number of nitrogens with zero attached hydrogens (tertiary/aromatic N) is 2. The molecule has 0 bridgehead atoms. The number of rotatable bonds is 3. The first-order chi connectivity index (χ1) is 12.8. The summed E-state index contributed by atoms with van der Waals surface area (Å²) in [6, 6.07) is 14.6. The third kappa shape index (κ3) is 3.78. The van der Waals surface area contributed by atoms with Crippen LogP contribution in [0.2, 0.25) is 0 Å². The first-order valence-electron chi connectivity index (χ1n) is 9.15. The van der Waals surface area contributed by atoms with Crippen LogP contribution in [0.5, 0.6) is 0 Å². The molecule has 1 fully saturated rings. The standard InChI is InChI=1S/C21H24N2O2S2/c1-14-5-4-6-17(10-14)11-26-21-22-18-12-27(24,25)13-20(18)23(21)19-8-7-15(2)9-16(19)3/h4-10,18,20H,11-13H2,1-3H3/t18-,20-/m1/s1. The van der Waals surface area contributed by atoms with Crippen LogP contribution in [-0.4, -0.2) is 37.2 Å². The van der Waals surface area contributed by atoms with Gasteiger partial charge in [0.25, 0.3) is 0 Å². The average Bonchev–Trinajstić information content (AvgIpc) is 3.05. The summed E-state index contributed by atoms with van der Waals surface area (Å²) in [6.07, 6.45) is 0. The fraction of sp³-hybridized carbons (Fsp3) is 0.381. The van der Waals surface area contributed by atoms with Gasteiger partial charge in [-0.15, -0.1) is 0 Å². The molecule has 2 atom stereocenters. The molecule has 2 aliphatic rings. The molecule has 2 aliphatic heterocycles. The van der Waals surface area contributed by atoms with E-state index in [1.807, 2.05) is 0 Å². The fourth-order valence-corrected chi connectivity index (χ4v) is 6.84. The molecule has 142 valence electrons. The second-order valence-corrected chi connectivity index (χ2v) is 10.7. The van der Waals surface area contributed by atoms with E-state index in [4.69, 9.17) is 4.99 Å². The number of benzene rings is 2. The van der Waals surface area contributed by atoms with E-state index >= 15 is 0 Å². The Labute approximate surface area is 165 Å². The van der Waals surface area contributed by atoms with Gasteiger partial charge in [0.15, 0.2) is 15.0 Å². The zero-order valence-electron chi connectivity index (χ0n) is 15.8. The second-order valence-electron chi connectivity index (χ2n) is 7.56. The van der Waals surface area contributed by atoms with Crippen LogP contribution in [-0.2, 0) is 15.6 Å². The lowest BCUT2D eigenvalue weighted by molar-refractivity contribution is 0.601. The molecule has 0 radical (unpaired) electrons. The summed E-state index contributed by atoms with van der Waals surface area (Å²) in [4.78, 5) is 7.00. The first kappa shape index (κ1) is 18.6. The van der Waals surface area contributed by atoms with Gasteiger partial charge in [0, 0.05) is 11.4 Å². The molecule has 0 unspecified atom stereocenters. The minimum atomic E-state index is -3.02. The number of aryl methyl sites for hydroxylation is 3. The number of thioether (sulfide) groups is 1. The van der Waals surface area contributed by atoms with Gasteiger partial charge in [0.05, 0.1) is 23.6 Å². The Bertz CT molecular complexity index is 1010. The number of hydrogen-bond acceptors (Lipinski definition) is 5. The summed E-state index contributed by atoms with van der Waals surface area (Å²) in [5.41, 5.74) is 5.94. The van der Waals surface area contributed by atoms with E-state index in [1.54, 1.807) is 11.8 Å². The number of sulfone groups is 1. The van der Waals surface area contributed by atoms with Crippen molar-refractivity contribution in [2.24, 2.45) is 4.99 Å². The van der Waals surface area contributed by atoms with E-state index in [-0.39, 0.29) is 23.6 Å². The quantitative estimate of drug-likeness (QED) is 0.784. The third-order valence-electron chi connectivity index (χ3n) is 5.17. The number of amidine groups is 1.